The molecule has 0 bridgehead atoms. The van der Waals surface area contributed by atoms with E-state index >= 15 is 0 Å². The number of ether oxygens (including phenoxy) is 1. The van der Waals surface area contributed by atoms with Gasteiger partial charge in [0, 0.05) is 19.3 Å². The predicted octanol–water partition coefficient (Wildman–Crippen LogP) is 3.50. The van der Waals surface area contributed by atoms with Gasteiger partial charge < -0.3 is 15.0 Å². The minimum absolute atomic E-state index is 0.300. The summed E-state index contributed by atoms with van der Waals surface area (Å²) in [6.07, 6.45) is 8.14. The molecule has 0 spiro atoms. The first-order valence-corrected chi connectivity index (χ1v) is 8.88. The van der Waals surface area contributed by atoms with Gasteiger partial charge in [-0.3, -0.25) is 9.78 Å². The molecule has 1 amide bonds. The monoisotopic (exact) mass is 353 g/mol. The van der Waals surface area contributed by atoms with Gasteiger partial charge in [-0.2, -0.15) is 0 Å². The smallest absolute Gasteiger partial charge is 0.339 e. The fourth-order valence-corrected chi connectivity index (χ4v) is 3.13. The molecule has 2 aromatic rings. The summed E-state index contributed by atoms with van der Waals surface area (Å²) >= 11 is 0. The molecule has 1 fully saturated rings. The van der Waals surface area contributed by atoms with Crippen LogP contribution in [0.1, 0.15) is 46.4 Å². The quantitative estimate of drug-likeness (QED) is 0.852. The second kappa shape index (κ2) is 8.47. The van der Waals surface area contributed by atoms with Gasteiger partial charge in [-0.25, -0.2) is 4.79 Å². The Morgan fingerprint density at radius 1 is 1.08 bits per heavy atom. The molecular formula is C20H23N3O3. The van der Waals surface area contributed by atoms with Crippen molar-refractivity contribution < 1.29 is 14.3 Å². The second-order valence-electron chi connectivity index (χ2n) is 6.32. The molecule has 1 N–H and O–H groups in total. The van der Waals surface area contributed by atoms with E-state index < -0.39 is 5.97 Å². The predicted molar refractivity (Wildman–Crippen MR) is 101 cm³/mol. The summed E-state index contributed by atoms with van der Waals surface area (Å²) in [7, 11) is 1.31. The molecule has 1 aromatic heterocycles. The summed E-state index contributed by atoms with van der Waals surface area (Å²) in [4.78, 5) is 31.0. The summed E-state index contributed by atoms with van der Waals surface area (Å²) in [5.74, 6) is -0.789. The van der Waals surface area contributed by atoms with Crippen LogP contribution in [0.5, 0.6) is 0 Å². The number of esters is 1. The lowest BCUT2D eigenvalue weighted by atomic mass is 10.1. The molecule has 0 saturated carbocycles. The summed E-state index contributed by atoms with van der Waals surface area (Å²) in [5, 5.41) is 2.79. The Morgan fingerprint density at radius 3 is 2.54 bits per heavy atom. The fraction of sp³-hybridized carbons (Fsp3) is 0.350. The third-order valence-corrected chi connectivity index (χ3v) is 4.54. The molecule has 3 rings (SSSR count). The Morgan fingerprint density at radius 2 is 1.81 bits per heavy atom. The molecule has 2 heterocycles. The van der Waals surface area contributed by atoms with E-state index in [2.05, 4.69) is 15.2 Å². The molecule has 0 atom stereocenters. The van der Waals surface area contributed by atoms with Crippen molar-refractivity contribution in [3.05, 3.63) is 53.9 Å². The van der Waals surface area contributed by atoms with Crippen molar-refractivity contribution >= 4 is 23.3 Å². The van der Waals surface area contributed by atoms with E-state index in [4.69, 9.17) is 4.74 Å². The number of methoxy groups -OCH3 is 1. The summed E-state index contributed by atoms with van der Waals surface area (Å²) in [5.41, 5.74) is 2.16. The molecule has 0 unspecified atom stereocenters. The lowest BCUT2D eigenvalue weighted by Gasteiger charge is -2.22. The van der Waals surface area contributed by atoms with Gasteiger partial charge in [0.15, 0.2) is 0 Å². The van der Waals surface area contributed by atoms with E-state index in [-0.39, 0.29) is 5.91 Å². The Hall–Kier alpha value is -2.89. The first kappa shape index (κ1) is 17.9. The number of nitrogens with one attached hydrogen (secondary N) is 1. The van der Waals surface area contributed by atoms with Crippen molar-refractivity contribution in [2.45, 2.75) is 25.7 Å². The second-order valence-corrected chi connectivity index (χ2v) is 6.32. The molecular weight excluding hydrogens is 330 g/mol. The number of hydrogen-bond donors (Lipinski definition) is 1. The fourth-order valence-electron chi connectivity index (χ4n) is 3.13. The number of benzene rings is 1. The number of anilines is 2. The molecule has 0 radical (unpaired) electrons. The van der Waals surface area contributed by atoms with Gasteiger partial charge in [-0.15, -0.1) is 0 Å². The minimum atomic E-state index is -0.489. The maximum Gasteiger partial charge on any atom is 0.339 e. The lowest BCUT2D eigenvalue weighted by Crippen LogP contribution is -2.24. The van der Waals surface area contributed by atoms with Crippen LogP contribution < -0.4 is 10.2 Å². The van der Waals surface area contributed by atoms with Crippen molar-refractivity contribution in [3.63, 3.8) is 0 Å². The Kier molecular flexibility index (Phi) is 5.84. The zero-order valence-corrected chi connectivity index (χ0v) is 14.9. The van der Waals surface area contributed by atoms with Gasteiger partial charge in [-0.1, -0.05) is 25.0 Å². The van der Waals surface area contributed by atoms with Crippen molar-refractivity contribution in [1.29, 1.82) is 0 Å². The number of nitrogens with zero attached hydrogens (tertiary/aromatic N) is 2. The molecule has 1 aromatic carbocycles. The van der Waals surface area contributed by atoms with Crippen LogP contribution in [0.4, 0.5) is 11.4 Å². The third kappa shape index (κ3) is 4.20. The van der Waals surface area contributed by atoms with E-state index in [1.165, 1.54) is 26.1 Å². The number of pyridine rings is 1. The van der Waals surface area contributed by atoms with Gasteiger partial charge in [0.1, 0.15) is 0 Å². The van der Waals surface area contributed by atoms with Crippen molar-refractivity contribution in [3.8, 4) is 0 Å². The van der Waals surface area contributed by atoms with Crippen molar-refractivity contribution in [1.82, 2.24) is 4.98 Å². The highest BCUT2D eigenvalue weighted by molar-refractivity contribution is 6.08. The zero-order chi connectivity index (χ0) is 18.4. The Labute approximate surface area is 153 Å². The summed E-state index contributed by atoms with van der Waals surface area (Å²) < 4.78 is 4.77. The highest BCUT2D eigenvalue weighted by Crippen LogP contribution is 2.21. The zero-order valence-electron chi connectivity index (χ0n) is 14.9. The molecule has 1 saturated heterocycles. The first-order valence-electron chi connectivity index (χ1n) is 8.88. The van der Waals surface area contributed by atoms with Crippen LogP contribution in [0.3, 0.4) is 0 Å². The van der Waals surface area contributed by atoms with E-state index in [1.807, 2.05) is 6.07 Å². The van der Waals surface area contributed by atoms with E-state index in [0.29, 0.717) is 16.8 Å². The number of carbonyl (C=O) groups is 2. The lowest BCUT2D eigenvalue weighted by molar-refractivity contribution is 0.0602. The van der Waals surface area contributed by atoms with Crippen LogP contribution in [-0.4, -0.2) is 37.1 Å². The Bertz CT molecular complexity index is 783. The van der Waals surface area contributed by atoms with Gasteiger partial charge >= 0.3 is 5.97 Å². The first-order chi connectivity index (χ1) is 12.7. The molecule has 1 aliphatic heterocycles. The maximum absolute atomic E-state index is 12.7. The molecule has 6 nitrogen and oxygen atoms in total. The van der Waals surface area contributed by atoms with Crippen LogP contribution in [0.25, 0.3) is 0 Å². The van der Waals surface area contributed by atoms with Gasteiger partial charge in [0.05, 0.1) is 35.8 Å². The number of amides is 1. The van der Waals surface area contributed by atoms with Gasteiger partial charge in [-0.05, 0) is 31.0 Å². The van der Waals surface area contributed by atoms with Crippen LogP contribution in [0.2, 0.25) is 0 Å². The minimum Gasteiger partial charge on any atom is -0.465 e. The number of aromatic nitrogens is 1. The molecule has 136 valence electrons. The standard InChI is InChI=1S/C20H23N3O3/c1-26-20(25)17-8-4-5-9-18(17)22-19(24)15-12-16(14-21-13-15)23-10-6-2-3-7-11-23/h4-5,8-9,12-14H,2-3,6-7,10-11H2,1H3,(H,22,24). The topological polar surface area (TPSA) is 71.5 Å². The highest BCUT2D eigenvalue weighted by Gasteiger charge is 2.16. The molecule has 1 aliphatic rings. The Balaban J connectivity index is 1.78. The number of hydrogen-bond acceptors (Lipinski definition) is 5. The normalized spacial score (nSPS) is 14.4. The van der Waals surface area contributed by atoms with Crippen molar-refractivity contribution in [2.75, 3.05) is 30.4 Å². The highest BCUT2D eigenvalue weighted by atomic mass is 16.5. The largest absolute Gasteiger partial charge is 0.465 e. The van der Waals surface area contributed by atoms with E-state index in [1.54, 1.807) is 30.5 Å². The van der Waals surface area contributed by atoms with Gasteiger partial charge in [0.2, 0.25) is 0 Å². The van der Waals surface area contributed by atoms with Crippen LogP contribution in [0, 0.1) is 0 Å². The van der Waals surface area contributed by atoms with E-state index in [0.717, 1.165) is 31.6 Å². The summed E-state index contributed by atoms with van der Waals surface area (Å²) in [6, 6.07) is 8.63. The van der Waals surface area contributed by atoms with Crippen LogP contribution >= 0.6 is 0 Å². The number of rotatable bonds is 4. The SMILES string of the molecule is COC(=O)c1ccccc1NC(=O)c1cncc(N2CCCCCC2)c1. The molecule has 26 heavy (non-hydrogen) atoms. The maximum atomic E-state index is 12.7. The molecule has 0 aliphatic carbocycles. The summed E-state index contributed by atoms with van der Waals surface area (Å²) in [6.45, 7) is 1.97. The van der Waals surface area contributed by atoms with Crippen LogP contribution in [0.15, 0.2) is 42.7 Å². The van der Waals surface area contributed by atoms with Crippen molar-refractivity contribution in [2.24, 2.45) is 0 Å². The average Bonchev–Trinajstić information content (AvgIpc) is 2.97. The van der Waals surface area contributed by atoms with Crippen LogP contribution in [-0.2, 0) is 4.74 Å². The number of para-hydroxylation sites is 1. The average molecular weight is 353 g/mol. The van der Waals surface area contributed by atoms with Gasteiger partial charge in [0.25, 0.3) is 5.91 Å². The molecule has 6 heteroatoms. The third-order valence-electron chi connectivity index (χ3n) is 4.54. The van der Waals surface area contributed by atoms with E-state index in [9.17, 15) is 9.59 Å². The number of carbonyl (C=O) groups excluding carboxylic acids is 2.